The highest BCUT2D eigenvalue weighted by molar-refractivity contribution is 8.26. The standard InChI is InChI=1S/C17H16N4O3.C17H15NO5S.C17H17NO4.Cl2OS/c18-20-19-11-9-23-10-14(17(11)22)21-12-5-1-3-7-15(12)24-16-8-4-2-6-13(16)21;19-24-22-16-10-20-9-13(17(16)23-24)18-11-5-1-3-7-14(11)21-15-8-4-2-6-12(15)18;19-14-10-21-9-13(17(14)20)18-11-5-1-3-7-15(11)22-16-8-4-2-6-12(16)18;1-4(2)3/h1-8,11,14,17,22H,9-10H2;1-8,13,16-17H,9-10H2;1-8,13-14,17,19-20H,9-10H2;/t11-,14+,17+;13-,16-,17+,24?;13-,14-,17+;/m100./s1. The van der Waals surface area contributed by atoms with E-state index in [1.165, 1.54) is 0 Å². The van der Waals surface area contributed by atoms with Gasteiger partial charge in [-0.05, 0) is 78.3 Å². The second-order valence-corrected chi connectivity index (χ2v) is 20.8. The zero-order valence-corrected chi connectivity index (χ0v) is 42.1. The fourth-order valence-corrected chi connectivity index (χ4v) is 10.7. The van der Waals surface area contributed by atoms with Gasteiger partial charge in [-0.1, -0.05) is 77.9 Å². The molecule has 19 nitrogen and oxygen atoms in total. The fourth-order valence-electron chi connectivity index (χ4n) is 9.81. The van der Waals surface area contributed by atoms with Crippen molar-refractivity contribution in [2.45, 2.75) is 54.7 Å². The maximum absolute atomic E-state index is 11.7. The highest BCUT2D eigenvalue weighted by Gasteiger charge is 2.48. The number of azide groups is 1. The second kappa shape index (κ2) is 23.3. The Kier molecular flexibility index (Phi) is 16.2. The number of aliphatic hydroxyl groups excluding tert-OH is 3. The molecule has 0 aromatic heterocycles. The Hall–Kier alpha value is -6.01. The van der Waals surface area contributed by atoms with Crippen molar-refractivity contribution in [1.82, 2.24) is 0 Å². The summed E-state index contributed by atoms with van der Waals surface area (Å²) in [7, 11) is 7.36. The van der Waals surface area contributed by atoms with Gasteiger partial charge in [-0.3, -0.25) is 8.37 Å². The lowest BCUT2D eigenvalue weighted by Crippen LogP contribution is -2.55. The molecule has 23 heteroatoms. The van der Waals surface area contributed by atoms with Gasteiger partial charge in [-0.25, -0.2) is 4.21 Å². The molecular weight excluding hydrogens is 1040 g/mol. The average Bonchev–Trinajstić information content (AvgIpc) is 3.82. The van der Waals surface area contributed by atoms with Crippen molar-refractivity contribution in [2.24, 2.45) is 5.11 Å². The molecule has 7 aliphatic rings. The number of para-hydroxylation sites is 12. The highest BCUT2D eigenvalue weighted by atomic mass is 36.0. The molecule has 1 unspecified atom stereocenters. The summed E-state index contributed by atoms with van der Waals surface area (Å²) in [5.41, 5.74) is 14.0. The lowest BCUT2D eigenvalue weighted by atomic mass is 9.98. The van der Waals surface area contributed by atoms with Gasteiger partial charge >= 0.3 is 11.4 Å². The van der Waals surface area contributed by atoms with E-state index in [1.807, 2.05) is 155 Å². The number of rotatable bonds is 4. The zero-order valence-electron chi connectivity index (χ0n) is 39.0. The molecule has 10 atom stereocenters. The first kappa shape index (κ1) is 51.5. The number of hydrogen-bond donors (Lipinski definition) is 3. The average molecular weight is 1090 g/mol. The molecule has 386 valence electrons. The Labute approximate surface area is 439 Å². The number of ether oxygens (including phenoxy) is 6. The maximum atomic E-state index is 11.7. The topological polar surface area (TPSA) is 227 Å². The summed E-state index contributed by atoms with van der Waals surface area (Å²) in [4.78, 5) is 8.98. The minimum Gasteiger partial charge on any atom is -0.453 e. The van der Waals surface area contributed by atoms with Gasteiger partial charge in [0.15, 0.2) is 34.5 Å². The summed E-state index contributed by atoms with van der Waals surface area (Å²) >= 11 is -1.72. The summed E-state index contributed by atoms with van der Waals surface area (Å²) < 4.78 is 66.3. The van der Waals surface area contributed by atoms with Gasteiger partial charge in [-0.15, -0.1) is 0 Å². The molecule has 0 saturated carbocycles. The normalized spacial score (nSPS) is 26.6. The number of fused-ring (bicyclic) bond motifs is 7. The van der Waals surface area contributed by atoms with Crippen molar-refractivity contribution >= 4 is 76.1 Å². The summed E-state index contributed by atoms with van der Waals surface area (Å²) in [6, 6.07) is 44.8. The van der Waals surface area contributed by atoms with E-state index in [4.69, 9.17) is 46.5 Å². The second-order valence-electron chi connectivity index (χ2n) is 17.4. The predicted molar refractivity (Wildman–Crippen MR) is 278 cm³/mol. The minimum atomic E-state index is -1.72. The van der Waals surface area contributed by atoms with Crippen LogP contribution >= 0.6 is 21.4 Å². The van der Waals surface area contributed by atoms with Crippen molar-refractivity contribution in [3.8, 4) is 34.5 Å². The van der Waals surface area contributed by atoms with E-state index in [-0.39, 0.29) is 43.5 Å². The van der Waals surface area contributed by atoms with Gasteiger partial charge in [0.05, 0.1) is 104 Å². The smallest absolute Gasteiger partial charge is 0.305 e. The number of anilines is 6. The van der Waals surface area contributed by atoms with E-state index in [0.717, 1.165) is 57.1 Å². The first-order valence-electron chi connectivity index (χ1n) is 23.4. The summed E-state index contributed by atoms with van der Waals surface area (Å²) in [5.74, 6) is 4.45. The van der Waals surface area contributed by atoms with Gasteiger partial charge in [0, 0.05) is 26.3 Å². The van der Waals surface area contributed by atoms with Crippen LogP contribution in [0.4, 0.5) is 34.1 Å². The number of nitrogens with zero attached hydrogens (tertiary/aromatic N) is 6. The van der Waals surface area contributed by atoms with E-state index in [1.54, 1.807) is 0 Å². The molecule has 6 aromatic carbocycles. The van der Waals surface area contributed by atoms with Crippen LogP contribution in [0.15, 0.2) is 151 Å². The first-order chi connectivity index (χ1) is 36.1. The molecule has 0 radical (unpaired) electrons. The molecule has 4 fully saturated rings. The zero-order chi connectivity index (χ0) is 51.3. The van der Waals surface area contributed by atoms with Crippen LogP contribution in [0.2, 0.25) is 0 Å². The molecule has 74 heavy (non-hydrogen) atoms. The monoisotopic (exact) mass is 1090 g/mol. The van der Waals surface area contributed by atoms with Crippen molar-refractivity contribution in [3.63, 3.8) is 0 Å². The van der Waals surface area contributed by atoms with Crippen molar-refractivity contribution in [2.75, 3.05) is 54.3 Å². The Morgan fingerprint density at radius 3 is 1.26 bits per heavy atom. The van der Waals surface area contributed by atoms with Gasteiger partial charge in [0.1, 0.15) is 24.4 Å². The molecule has 4 saturated heterocycles. The van der Waals surface area contributed by atoms with Gasteiger partial charge in [0.25, 0.3) is 0 Å². The number of halogens is 2. The fraction of sp³-hybridized carbons (Fsp3) is 0.294. The highest BCUT2D eigenvalue weighted by Crippen LogP contribution is 2.51. The van der Waals surface area contributed by atoms with E-state index >= 15 is 0 Å². The maximum Gasteiger partial charge on any atom is 0.305 e. The number of hydrogen-bond acceptors (Lipinski definition) is 17. The Bertz CT molecular complexity index is 2910. The Morgan fingerprint density at radius 1 is 0.514 bits per heavy atom. The SMILES string of the molecule is O=S(Cl)Cl.O=S1O[C@H]2[C@H](COC[C@@H]2N2c3ccccc3Oc3ccccc32)O1.O[C@H]1[C@@H](O)COC[C@@H]1N1c2ccccc2Oc2ccccc21.[N-]=[N+]=N[C@@H]1COC[C@H](N2c3ccccc3Oc3ccccc32)[C@H]1O. The van der Waals surface area contributed by atoms with E-state index in [9.17, 15) is 19.5 Å². The molecular formula is C51H48Cl2N6O13S2. The number of aliphatic hydroxyl groups is 3. The van der Waals surface area contributed by atoms with E-state index < -0.39 is 44.9 Å². The van der Waals surface area contributed by atoms with E-state index in [2.05, 4.69) is 36.3 Å². The molecule has 13 rings (SSSR count). The summed E-state index contributed by atoms with van der Waals surface area (Å²) in [6.45, 7) is 1.91. The molecule has 7 heterocycles. The molecule has 0 spiro atoms. The van der Waals surface area contributed by atoms with Crippen LogP contribution in [0.5, 0.6) is 34.5 Å². The van der Waals surface area contributed by atoms with Crippen LogP contribution in [-0.4, -0.2) is 118 Å². The lowest BCUT2D eigenvalue weighted by Gasteiger charge is -2.43. The molecule has 7 aliphatic heterocycles. The molecule has 6 aromatic rings. The molecule has 0 bridgehead atoms. The molecule has 0 amide bonds. The van der Waals surface area contributed by atoms with Crippen LogP contribution in [-0.2, 0) is 43.2 Å². The van der Waals surface area contributed by atoms with Crippen molar-refractivity contribution in [1.29, 1.82) is 0 Å². The van der Waals surface area contributed by atoms with Crippen molar-refractivity contribution in [3.05, 3.63) is 156 Å². The van der Waals surface area contributed by atoms with Crippen LogP contribution in [0.25, 0.3) is 10.4 Å². The molecule has 3 N–H and O–H groups in total. The van der Waals surface area contributed by atoms with Gasteiger partial charge in [-0.2, -0.15) is 4.21 Å². The third kappa shape index (κ3) is 10.8. The predicted octanol–water partition coefficient (Wildman–Crippen LogP) is 9.15. The minimum absolute atomic E-state index is 0.151. The van der Waals surface area contributed by atoms with Crippen LogP contribution in [0.3, 0.4) is 0 Å². The third-order valence-electron chi connectivity index (χ3n) is 13.0. The Balaban J connectivity index is 0.000000123. The third-order valence-corrected chi connectivity index (χ3v) is 13.8. The summed E-state index contributed by atoms with van der Waals surface area (Å²) in [5, 5.41) is 34.8. The van der Waals surface area contributed by atoms with Crippen LogP contribution in [0, 0.1) is 0 Å². The Morgan fingerprint density at radius 2 is 0.851 bits per heavy atom. The largest absolute Gasteiger partial charge is 0.453 e. The van der Waals surface area contributed by atoms with E-state index in [0.29, 0.717) is 37.9 Å². The quantitative estimate of drug-likeness (QED) is 0.0647. The number of benzene rings is 6. The van der Waals surface area contributed by atoms with Gasteiger partial charge < -0.3 is 58.4 Å². The molecule has 0 aliphatic carbocycles. The van der Waals surface area contributed by atoms with Gasteiger partial charge in [0.2, 0.25) is 9.23 Å². The van der Waals surface area contributed by atoms with Crippen LogP contribution in [0.1, 0.15) is 0 Å². The lowest BCUT2D eigenvalue weighted by molar-refractivity contribution is -0.0964. The van der Waals surface area contributed by atoms with Crippen LogP contribution < -0.4 is 28.9 Å². The summed E-state index contributed by atoms with van der Waals surface area (Å²) in [6.07, 6.45) is -3.26. The first-order valence-corrected chi connectivity index (χ1v) is 27.2. The van der Waals surface area contributed by atoms with Crippen molar-refractivity contribution < 1.29 is 60.5 Å².